The normalized spacial score (nSPS) is 42.2. The minimum absolute atomic E-state index is 0.0166. The van der Waals surface area contributed by atoms with Gasteiger partial charge in [-0.15, -0.1) is 0 Å². The molecule has 4 heteroatoms. The highest BCUT2D eigenvalue weighted by molar-refractivity contribution is 6.30. The maximum absolute atomic E-state index is 12.8. The Kier molecular flexibility index (Phi) is 2.15. The molecular formula is C17H14ClNO2. The van der Waals surface area contributed by atoms with E-state index in [1.165, 1.54) is 11.3 Å². The Bertz CT molecular complexity index is 659. The summed E-state index contributed by atoms with van der Waals surface area (Å²) in [6, 6.07) is 6.96. The van der Waals surface area contributed by atoms with Crippen LogP contribution in [0.15, 0.2) is 36.4 Å². The van der Waals surface area contributed by atoms with E-state index < -0.39 is 0 Å². The van der Waals surface area contributed by atoms with Crippen molar-refractivity contribution in [3.05, 3.63) is 41.4 Å². The van der Waals surface area contributed by atoms with Crippen LogP contribution in [0.4, 0.5) is 5.69 Å². The number of amides is 2. The number of rotatable bonds is 1. The van der Waals surface area contributed by atoms with Crippen molar-refractivity contribution in [2.75, 3.05) is 4.90 Å². The molecule has 5 aliphatic rings. The van der Waals surface area contributed by atoms with E-state index in [0.717, 1.165) is 0 Å². The van der Waals surface area contributed by atoms with Gasteiger partial charge < -0.3 is 0 Å². The second kappa shape index (κ2) is 3.77. The van der Waals surface area contributed by atoms with Gasteiger partial charge in [-0.1, -0.05) is 23.8 Å². The molecule has 21 heavy (non-hydrogen) atoms. The lowest BCUT2D eigenvalue weighted by molar-refractivity contribution is -0.124. The largest absolute Gasteiger partial charge is 0.274 e. The van der Waals surface area contributed by atoms with Gasteiger partial charge in [0.15, 0.2) is 0 Å². The lowest BCUT2D eigenvalue weighted by Crippen LogP contribution is -2.40. The SMILES string of the molecule is O=C1C2C3C=CC(C4CC34)C2C(=O)N1c1ccc(Cl)cc1. The van der Waals surface area contributed by atoms with Crippen molar-refractivity contribution in [1.82, 2.24) is 0 Å². The molecule has 0 aromatic heterocycles. The number of carbonyl (C=O) groups is 2. The number of carbonyl (C=O) groups excluding carboxylic acids is 2. The molecule has 2 bridgehead atoms. The van der Waals surface area contributed by atoms with Crippen LogP contribution in [0, 0.1) is 35.5 Å². The first-order valence-corrected chi connectivity index (χ1v) is 7.86. The predicted molar refractivity (Wildman–Crippen MR) is 78.6 cm³/mol. The van der Waals surface area contributed by atoms with Crippen molar-refractivity contribution in [2.24, 2.45) is 35.5 Å². The van der Waals surface area contributed by atoms with Gasteiger partial charge in [-0.05, 0) is 54.4 Å². The lowest BCUT2D eigenvalue weighted by atomic mass is 9.63. The molecule has 1 aromatic carbocycles. The third kappa shape index (κ3) is 1.40. The molecule has 106 valence electrons. The molecule has 1 saturated heterocycles. The molecule has 3 fully saturated rings. The average Bonchev–Trinajstić information content (AvgIpc) is 3.26. The van der Waals surface area contributed by atoms with Gasteiger partial charge >= 0.3 is 0 Å². The summed E-state index contributed by atoms with van der Waals surface area (Å²) in [4.78, 5) is 27.0. The van der Waals surface area contributed by atoms with Gasteiger partial charge in [0.1, 0.15) is 0 Å². The summed E-state index contributed by atoms with van der Waals surface area (Å²) in [7, 11) is 0. The maximum Gasteiger partial charge on any atom is 0.238 e. The minimum atomic E-state index is -0.132. The Hall–Kier alpha value is -1.61. The van der Waals surface area contributed by atoms with Gasteiger partial charge in [0.25, 0.3) is 0 Å². The van der Waals surface area contributed by atoms with Crippen LogP contribution in [0.5, 0.6) is 0 Å². The molecule has 6 rings (SSSR count). The van der Waals surface area contributed by atoms with Crippen molar-refractivity contribution >= 4 is 29.1 Å². The summed E-state index contributed by atoms with van der Waals surface area (Å²) in [6.45, 7) is 0. The molecule has 2 amide bonds. The van der Waals surface area contributed by atoms with Crippen molar-refractivity contribution < 1.29 is 9.59 Å². The van der Waals surface area contributed by atoms with Gasteiger partial charge in [0.2, 0.25) is 11.8 Å². The highest BCUT2D eigenvalue weighted by Gasteiger charge is 2.67. The molecule has 0 N–H and O–H groups in total. The molecular weight excluding hydrogens is 286 g/mol. The van der Waals surface area contributed by atoms with E-state index in [4.69, 9.17) is 11.6 Å². The third-order valence-corrected chi connectivity index (χ3v) is 6.00. The zero-order valence-corrected chi connectivity index (χ0v) is 12.0. The molecule has 3 nitrogen and oxygen atoms in total. The fourth-order valence-electron chi connectivity index (χ4n) is 4.80. The zero-order valence-electron chi connectivity index (χ0n) is 11.3. The molecule has 0 radical (unpaired) electrons. The first-order valence-electron chi connectivity index (χ1n) is 7.48. The summed E-state index contributed by atoms with van der Waals surface area (Å²) >= 11 is 5.90. The quantitative estimate of drug-likeness (QED) is 0.591. The summed E-state index contributed by atoms with van der Waals surface area (Å²) < 4.78 is 0. The van der Waals surface area contributed by atoms with Gasteiger partial charge in [-0.2, -0.15) is 0 Å². The first-order chi connectivity index (χ1) is 10.2. The number of benzene rings is 1. The van der Waals surface area contributed by atoms with E-state index in [9.17, 15) is 9.59 Å². The zero-order chi connectivity index (χ0) is 14.3. The monoisotopic (exact) mass is 299 g/mol. The number of halogens is 1. The van der Waals surface area contributed by atoms with Gasteiger partial charge in [-0.3, -0.25) is 14.5 Å². The topological polar surface area (TPSA) is 37.4 Å². The van der Waals surface area contributed by atoms with Crippen LogP contribution < -0.4 is 4.90 Å². The molecule has 0 spiro atoms. The fourth-order valence-corrected chi connectivity index (χ4v) is 4.93. The highest BCUT2D eigenvalue weighted by atomic mass is 35.5. The summed E-state index contributed by atoms with van der Waals surface area (Å²) in [5.41, 5.74) is 0.650. The predicted octanol–water partition coefficient (Wildman–Crippen LogP) is 2.90. The number of hydrogen-bond acceptors (Lipinski definition) is 2. The van der Waals surface area contributed by atoms with Crippen LogP contribution in [0.2, 0.25) is 5.02 Å². The Balaban J connectivity index is 1.58. The second-order valence-electron chi connectivity index (χ2n) is 6.64. The van der Waals surface area contributed by atoms with Crippen LogP contribution in [0.1, 0.15) is 6.42 Å². The van der Waals surface area contributed by atoms with Crippen molar-refractivity contribution in [2.45, 2.75) is 6.42 Å². The van der Waals surface area contributed by atoms with Crippen LogP contribution in [-0.4, -0.2) is 11.8 Å². The molecule has 1 heterocycles. The second-order valence-corrected chi connectivity index (χ2v) is 7.08. The Morgan fingerprint density at radius 3 is 1.95 bits per heavy atom. The number of imide groups is 1. The highest BCUT2D eigenvalue weighted by Crippen LogP contribution is 2.65. The maximum atomic E-state index is 12.8. The lowest BCUT2D eigenvalue weighted by Gasteiger charge is -2.37. The summed E-state index contributed by atoms with van der Waals surface area (Å²) in [5, 5.41) is 0.609. The Labute approximate surface area is 127 Å². The van der Waals surface area contributed by atoms with E-state index in [1.54, 1.807) is 24.3 Å². The van der Waals surface area contributed by atoms with Crippen LogP contribution >= 0.6 is 11.6 Å². The van der Waals surface area contributed by atoms with Gasteiger partial charge in [0, 0.05) is 5.02 Å². The Morgan fingerprint density at radius 1 is 0.905 bits per heavy atom. The van der Waals surface area contributed by atoms with E-state index in [1.807, 2.05) is 0 Å². The first kappa shape index (κ1) is 12.0. The van der Waals surface area contributed by atoms with Gasteiger partial charge in [0.05, 0.1) is 17.5 Å². The number of hydrogen-bond donors (Lipinski definition) is 0. The molecule has 6 unspecified atom stereocenters. The van der Waals surface area contributed by atoms with E-state index >= 15 is 0 Å². The number of nitrogens with zero attached hydrogens (tertiary/aromatic N) is 1. The molecule has 2 saturated carbocycles. The molecule has 1 aromatic rings. The van der Waals surface area contributed by atoms with E-state index in [0.29, 0.717) is 22.5 Å². The van der Waals surface area contributed by atoms with Crippen molar-refractivity contribution in [3.63, 3.8) is 0 Å². The van der Waals surface area contributed by atoms with Crippen LogP contribution in [-0.2, 0) is 9.59 Å². The Morgan fingerprint density at radius 2 is 1.43 bits per heavy atom. The summed E-state index contributed by atoms with van der Waals surface area (Å²) in [5.74, 6) is 1.54. The van der Waals surface area contributed by atoms with Crippen molar-refractivity contribution in [1.29, 1.82) is 0 Å². The van der Waals surface area contributed by atoms with Gasteiger partial charge in [-0.25, -0.2) is 0 Å². The standard InChI is InChI=1S/C17H14ClNO2/c18-8-1-3-9(4-2-8)19-16(20)14-10-5-6-11(13-7-12(10)13)15(14)17(19)21/h1-6,10-15H,7H2. The summed E-state index contributed by atoms with van der Waals surface area (Å²) in [6.07, 6.45) is 5.57. The van der Waals surface area contributed by atoms with Crippen LogP contribution in [0.3, 0.4) is 0 Å². The number of allylic oxidation sites excluding steroid dienone is 2. The average molecular weight is 300 g/mol. The smallest absolute Gasteiger partial charge is 0.238 e. The molecule has 6 atom stereocenters. The van der Waals surface area contributed by atoms with E-state index in [-0.39, 0.29) is 35.5 Å². The van der Waals surface area contributed by atoms with E-state index in [2.05, 4.69) is 12.2 Å². The minimum Gasteiger partial charge on any atom is -0.274 e. The fraction of sp³-hybridized carbons (Fsp3) is 0.412. The van der Waals surface area contributed by atoms with Crippen molar-refractivity contribution in [3.8, 4) is 0 Å². The number of anilines is 1. The van der Waals surface area contributed by atoms with Crippen LogP contribution in [0.25, 0.3) is 0 Å². The molecule has 4 aliphatic carbocycles. The molecule has 1 aliphatic heterocycles. The third-order valence-electron chi connectivity index (χ3n) is 5.75.